The molecule has 0 heterocycles. The van der Waals surface area contributed by atoms with E-state index in [0.29, 0.717) is 12.6 Å². The van der Waals surface area contributed by atoms with Gasteiger partial charge < -0.3 is 15.5 Å². The van der Waals surface area contributed by atoms with Crippen LogP contribution in [0.5, 0.6) is 0 Å². The van der Waals surface area contributed by atoms with Gasteiger partial charge in [-0.05, 0) is 32.3 Å². The molecule has 22 heavy (non-hydrogen) atoms. The molecular weight excluding hydrogens is 323 g/mol. The highest BCUT2D eigenvalue weighted by Gasteiger charge is 2.33. The molecule has 0 spiro atoms. The Kier molecular flexibility index (Phi) is 6.19. The number of carbonyl (C=O) groups excluding carboxylic acids is 2. The quantitative estimate of drug-likeness (QED) is 0.826. The van der Waals surface area contributed by atoms with Crippen molar-refractivity contribution in [1.82, 2.24) is 10.2 Å². The number of nitrogens with zero attached hydrogens (tertiary/aromatic N) is 1. The van der Waals surface area contributed by atoms with Gasteiger partial charge in [0, 0.05) is 18.8 Å². The van der Waals surface area contributed by atoms with Crippen molar-refractivity contribution in [3.8, 4) is 0 Å². The Morgan fingerprint density at radius 1 is 1.23 bits per heavy atom. The summed E-state index contributed by atoms with van der Waals surface area (Å²) in [6.45, 7) is 0.770. The van der Waals surface area contributed by atoms with Gasteiger partial charge in [-0.15, -0.1) is 0 Å². The number of anilines is 1. The van der Waals surface area contributed by atoms with Gasteiger partial charge in [-0.2, -0.15) is 13.2 Å². The van der Waals surface area contributed by atoms with Crippen LogP contribution in [-0.2, 0) is 15.8 Å². The van der Waals surface area contributed by atoms with Crippen LogP contribution in [0.1, 0.15) is 5.56 Å². The number of likely N-dealkylation sites (N-methyl/N-ethyl adjacent to an activating group) is 1. The highest BCUT2D eigenvalue weighted by atomic mass is 35.5. The maximum Gasteiger partial charge on any atom is 0.417 e. The second-order valence-corrected chi connectivity index (χ2v) is 5.11. The lowest BCUT2D eigenvalue weighted by atomic mass is 10.2. The van der Waals surface area contributed by atoms with Crippen LogP contribution < -0.4 is 10.6 Å². The van der Waals surface area contributed by atoms with Gasteiger partial charge in [-0.1, -0.05) is 11.6 Å². The van der Waals surface area contributed by atoms with E-state index in [1.807, 2.05) is 0 Å². The first-order chi connectivity index (χ1) is 10.1. The predicted octanol–water partition coefficient (Wildman–Crippen LogP) is 1.98. The van der Waals surface area contributed by atoms with Gasteiger partial charge in [0.05, 0.1) is 10.6 Å². The molecule has 0 saturated carbocycles. The van der Waals surface area contributed by atoms with Crippen LogP contribution in [0, 0.1) is 0 Å². The molecule has 9 heteroatoms. The molecule has 0 aromatic heterocycles. The maximum atomic E-state index is 12.7. The zero-order valence-electron chi connectivity index (χ0n) is 11.9. The van der Waals surface area contributed by atoms with E-state index in [2.05, 4.69) is 10.6 Å². The summed E-state index contributed by atoms with van der Waals surface area (Å²) in [6.07, 6.45) is -4.65. The van der Waals surface area contributed by atoms with Gasteiger partial charge >= 0.3 is 18.0 Å². The van der Waals surface area contributed by atoms with Crippen LogP contribution in [0.3, 0.4) is 0 Å². The number of rotatable bonds is 4. The SMILES string of the molecule is CN(C)CCNC(=O)C(=O)Nc1ccc(Cl)c(C(F)(F)F)c1. The molecule has 0 unspecified atom stereocenters. The predicted molar refractivity (Wildman–Crippen MR) is 76.6 cm³/mol. The van der Waals surface area contributed by atoms with Gasteiger partial charge in [-0.3, -0.25) is 9.59 Å². The third-order valence-electron chi connectivity index (χ3n) is 2.58. The second kappa shape index (κ2) is 7.46. The molecule has 1 aromatic rings. The molecule has 5 nitrogen and oxygen atoms in total. The third kappa shape index (κ3) is 5.53. The summed E-state index contributed by atoms with van der Waals surface area (Å²) in [7, 11) is 3.58. The lowest BCUT2D eigenvalue weighted by molar-refractivity contribution is -0.137. The van der Waals surface area contributed by atoms with Crippen LogP contribution in [0.25, 0.3) is 0 Å². The van der Waals surface area contributed by atoms with Crippen LogP contribution in [-0.4, -0.2) is 43.9 Å². The summed E-state index contributed by atoms with van der Waals surface area (Å²) in [5.41, 5.74) is -1.25. The smallest absolute Gasteiger partial charge is 0.347 e. The summed E-state index contributed by atoms with van der Waals surface area (Å²) in [5.74, 6) is -1.97. The van der Waals surface area contributed by atoms with E-state index < -0.39 is 28.6 Å². The first-order valence-electron chi connectivity index (χ1n) is 6.22. The van der Waals surface area contributed by atoms with Gasteiger partial charge in [0.1, 0.15) is 0 Å². The lowest BCUT2D eigenvalue weighted by Crippen LogP contribution is -2.38. The van der Waals surface area contributed by atoms with E-state index in [0.717, 1.165) is 6.07 Å². The number of alkyl halides is 3. The topological polar surface area (TPSA) is 61.4 Å². The molecule has 0 aliphatic rings. The van der Waals surface area contributed by atoms with Gasteiger partial charge in [0.15, 0.2) is 0 Å². The molecular formula is C13H15ClF3N3O2. The number of benzene rings is 1. The van der Waals surface area contributed by atoms with Crippen molar-refractivity contribution < 1.29 is 22.8 Å². The number of amides is 2. The molecule has 122 valence electrons. The molecule has 2 amide bonds. The summed E-state index contributed by atoms with van der Waals surface area (Å²) < 4.78 is 38.1. The summed E-state index contributed by atoms with van der Waals surface area (Å²) in [5, 5.41) is 3.96. The molecule has 1 rings (SSSR count). The Morgan fingerprint density at radius 2 is 1.86 bits per heavy atom. The monoisotopic (exact) mass is 337 g/mol. The van der Waals surface area contributed by atoms with Crippen molar-refractivity contribution in [1.29, 1.82) is 0 Å². The molecule has 0 aliphatic heterocycles. The summed E-state index contributed by atoms with van der Waals surface area (Å²) in [4.78, 5) is 24.9. The molecule has 0 aliphatic carbocycles. The Labute approximate surface area is 130 Å². The fraction of sp³-hybridized carbons (Fsp3) is 0.385. The van der Waals surface area contributed by atoms with Crippen molar-refractivity contribution in [2.24, 2.45) is 0 Å². The standard InChI is InChI=1S/C13H15ClF3N3O2/c1-20(2)6-5-18-11(21)12(22)19-8-3-4-10(14)9(7-8)13(15,16)17/h3-4,7H,5-6H2,1-2H3,(H,18,21)(H,19,22). The number of hydrogen-bond acceptors (Lipinski definition) is 3. The second-order valence-electron chi connectivity index (χ2n) is 4.71. The van der Waals surface area contributed by atoms with Crippen LogP contribution in [0.4, 0.5) is 18.9 Å². The first-order valence-corrected chi connectivity index (χ1v) is 6.59. The van der Waals surface area contributed by atoms with E-state index in [-0.39, 0.29) is 12.2 Å². The normalized spacial score (nSPS) is 11.4. The lowest BCUT2D eigenvalue weighted by Gasteiger charge is -2.12. The molecule has 0 atom stereocenters. The molecule has 0 saturated heterocycles. The van der Waals surface area contributed by atoms with Gasteiger partial charge in [-0.25, -0.2) is 0 Å². The third-order valence-corrected chi connectivity index (χ3v) is 2.91. The fourth-order valence-corrected chi connectivity index (χ4v) is 1.71. The number of nitrogens with one attached hydrogen (secondary N) is 2. The van der Waals surface area contributed by atoms with Crippen molar-refractivity contribution in [3.63, 3.8) is 0 Å². The highest BCUT2D eigenvalue weighted by molar-refractivity contribution is 6.39. The van der Waals surface area contributed by atoms with E-state index in [1.165, 1.54) is 6.07 Å². The molecule has 2 N–H and O–H groups in total. The van der Waals surface area contributed by atoms with Gasteiger partial charge in [0.25, 0.3) is 0 Å². The number of carbonyl (C=O) groups is 2. The van der Waals surface area contributed by atoms with Crippen molar-refractivity contribution >= 4 is 29.1 Å². The van der Waals surface area contributed by atoms with Crippen molar-refractivity contribution in [2.45, 2.75) is 6.18 Å². The average Bonchev–Trinajstić information content (AvgIpc) is 2.39. The largest absolute Gasteiger partial charge is 0.417 e. The molecule has 0 bridgehead atoms. The summed E-state index contributed by atoms with van der Waals surface area (Å²) >= 11 is 5.46. The fourth-order valence-electron chi connectivity index (χ4n) is 1.48. The minimum atomic E-state index is -4.65. The first kappa shape index (κ1) is 18.2. The maximum absolute atomic E-state index is 12.7. The highest BCUT2D eigenvalue weighted by Crippen LogP contribution is 2.36. The van der Waals surface area contributed by atoms with Crippen LogP contribution in [0.15, 0.2) is 18.2 Å². The van der Waals surface area contributed by atoms with Crippen LogP contribution in [0.2, 0.25) is 5.02 Å². The molecule has 0 radical (unpaired) electrons. The van der Waals surface area contributed by atoms with E-state index >= 15 is 0 Å². The zero-order chi connectivity index (χ0) is 16.9. The van der Waals surface area contributed by atoms with Gasteiger partial charge in [0.2, 0.25) is 0 Å². The van der Waals surface area contributed by atoms with Crippen LogP contribution >= 0.6 is 11.6 Å². The number of hydrogen-bond donors (Lipinski definition) is 2. The minimum absolute atomic E-state index is 0.163. The van der Waals surface area contributed by atoms with E-state index in [9.17, 15) is 22.8 Å². The average molecular weight is 338 g/mol. The minimum Gasteiger partial charge on any atom is -0.347 e. The Morgan fingerprint density at radius 3 is 2.41 bits per heavy atom. The molecule has 0 fully saturated rings. The van der Waals surface area contributed by atoms with E-state index in [4.69, 9.17) is 11.6 Å². The van der Waals surface area contributed by atoms with Crippen molar-refractivity contribution in [2.75, 3.05) is 32.5 Å². The van der Waals surface area contributed by atoms with Crippen molar-refractivity contribution in [3.05, 3.63) is 28.8 Å². The molecule has 1 aromatic carbocycles. The summed E-state index contributed by atoms with van der Waals surface area (Å²) in [6, 6.07) is 2.86. The Hall–Kier alpha value is -1.80. The zero-order valence-corrected chi connectivity index (χ0v) is 12.7. The Balaban J connectivity index is 2.70. The van der Waals surface area contributed by atoms with E-state index in [1.54, 1.807) is 19.0 Å². The Bertz CT molecular complexity index is 562. The number of halogens is 4.